The number of nitro groups is 1. The van der Waals surface area contributed by atoms with E-state index in [0.29, 0.717) is 6.61 Å². The maximum Gasteiger partial charge on any atom is 0.269 e. The van der Waals surface area contributed by atoms with Crippen LogP contribution in [0.4, 0.5) is 17.1 Å². The quantitative estimate of drug-likeness (QED) is 0.634. The predicted molar refractivity (Wildman–Crippen MR) is 95.1 cm³/mol. The largest absolute Gasteiger partial charge is 0.489 e. The minimum absolute atomic E-state index is 0.0257. The van der Waals surface area contributed by atoms with Crippen LogP contribution >= 0.6 is 0 Å². The van der Waals surface area contributed by atoms with Crippen LogP contribution < -0.4 is 14.5 Å². The lowest BCUT2D eigenvalue weighted by Crippen LogP contribution is -2.35. The third kappa shape index (κ3) is 2.99. The van der Waals surface area contributed by atoms with Crippen molar-refractivity contribution in [3.05, 3.63) is 58.1 Å². The summed E-state index contributed by atoms with van der Waals surface area (Å²) >= 11 is 0. The first kappa shape index (κ1) is 16.1. The minimum Gasteiger partial charge on any atom is -0.489 e. The third-order valence-electron chi connectivity index (χ3n) is 4.39. The molecule has 0 aromatic heterocycles. The summed E-state index contributed by atoms with van der Waals surface area (Å²) in [6.45, 7) is 3.41. The van der Waals surface area contributed by atoms with Gasteiger partial charge in [0.2, 0.25) is 0 Å². The topological polar surface area (TPSA) is 58.9 Å². The zero-order valence-corrected chi connectivity index (χ0v) is 14.1. The second-order valence-corrected chi connectivity index (χ2v) is 6.12. The molecule has 2 aromatic carbocycles. The number of hydrogen-bond donors (Lipinski definition) is 0. The average molecular weight is 327 g/mol. The molecule has 3 rings (SSSR count). The Morgan fingerprint density at radius 1 is 1.25 bits per heavy atom. The molecule has 6 heteroatoms. The van der Waals surface area contributed by atoms with E-state index >= 15 is 0 Å². The molecule has 6 nitrogen and oxygen atoms in total. The van der Waals surface area contributed by atoms with Crippen LogP contribution in [0.15, 0.2) is 42.5 Å². The van der Waals surface area contributed by atoms with Gasteiger partial charge in [0, 0.05) is 38.0 Å². The number of nitrogens with zero attached hydrogens (tertiary/aromatic N) is 3. The molecule has 1 heterocycles. The Bertz CT molecular complexity index is 761. The molecule has 0 spiro atoms. The molecule has 1 aliphatic heterocycles. The molecule has 0 bridgehead atoms. The minimum atomic E-state index is -0.354. The maximum absolute atomic E-state index is 11.0. The summed E-state index contributed by atoms with van der Waals surface area (Å²) in [6.07, 6.45) is 0. The Kier molecular flexibility index (Phi) is 4.29. The summed E-state index contributed by atoms with van der Waals surface area (Å²) in [4.78, 5) is 14.9. The monoisotopic (exact) mass is 327 g/mol. The number of fused-ring (bicyclic) bond motifs is 1. The molecule has 1 atom stereocenters. The molecule has 2 aromatic rings. The van der Waals surface area contributed by atoms with Crippen LogP contribution in [0.2, 0.25) is 0 Å². The fourth-order valence-electron chi connectivity index (χ4n) is 2.99. The van der Waals surface area contributed by atoms with Crippen molar-refractivity contribution in [2.24, 2.45) is 0 Å². The second-order valence-electron chi connectivity index (χ2n) is 6.12. The normalized spacial score (nSPS) is 14.5. The van der Waals surface area contributed by atoms with E-state index in [4.69, 9.17) is 4.74 Å². The molecule has 0 saturated heterocycles. The molecule has 0 amide bonds. The van der Waals surface area contributed by atoms with E-state index in [2.05, 4.69) is 24.0 Å². The van der Waals surface area contributed by atoms with E-state index in [9.17, 15) is 10.1 Å². The second kappa shape index (κ2) is 6.39. The Balaban J connectivity index is 1.94. The highest BCUT2D eigenvalue weighted by Crippen LogP contribution is 2.39. The fraction of sp³-hybridized carbons (Fsp3) is 0.333. The lowest BCUT2D eigenvalue weighted by atomic mass is 10.0. The Labute approximate surface area is 141 Å². The SMILES string of the molecule is CC(c1cccc([N+](=O)[O-])c1)N1CCOc2cc(N(C)C)ccc21. The lowest BCUT2D eigenvalue weighted by molar-refractivity contribution is -0.384. The fourth-order valence-corrected chi connectivity index (χ4v) is 2.99. The summed E-state index contributed by atoms with van der Waals surface area (Å²) in [7, 11) is 3.99. The third-order valence-corrected chi connectivity index (χ3v) is 4.39. The van der Waals surface area contributed by atoms with Gasteiger partial charge in [0.15, 0.2) is 0 Å². The molecule has 1 aliphatic rings. The van der Waals surface area contributed by atoms with Crippen LogP contribution in [0, 0.1) is 10.1 Å². The first-order valence-electron chi connectivity index (χ1n) is 7.92. The van der Waals surface area contributed by atoms with Gasteiger partial charge in [0.25, 0.3) is 5.69 Å². The van der Waals surface area contributed by atoms with Gasteiger partial charge in [-0.3, -0.25) is 10.1 Å². The predicted octanol–water partition coefficient (Wildman–Crippen LogP) is 3.62. The number of nitro benzene ring substituents is 1. The highest BCUT2D eigenvalue weighted by Gasteiger charge is 2.25. The maximum atomic E-state index is 11.0. The van der Waals surface area contributed by atoms with Crippen molar-refractivity contribution in [3.8, 4) is 5.75 Å². The van der Waals surface area contributed by atoms with Gasteiger partial charge in [-0.25, -0.2) is 0 Å². The van der Waals surface area contributed by atoms with Crippen LogP contribution in [0.1, 0.15) is 18.5 Å². The van der Waals surface area contributed by atoms with Crippen molar-refractivity contribution < 1.29 is 9.66 Å². The van der Waals surface area contributed by atoms with Gasteiger partial charge in [-0.15, -0.1) is 0 Å². The average Bonchev–Trinajstić information content (AvgIpc) is 2.60. The van der Waals surface area contributed by atoms with Crippen LogP contribution in [0.5, 0.6) is 5.75 Å². The summed E-state index contributed by atoms with van der Waals surface area (Å²) in [5, 5.41) is 11.0. The zero-order valence-electron chi connectivity index (χ0n) is 14.1. The standard InChI is InChI=1S/C18H21N3O3/c1-13(14-5-4-6-16(11-14)21(22)23)20-9-10-24-18-12-15(19(2)3)7-8-17(18)20/h4-8,11-13H,9-10H2,1-3H3. The Hall–Kier alpha value is -2.76. The van der Waals surface area contributed by atoms with Gasteiger partial charge >= 0.3 is 0 Å². The van der Waals surface area contributed by atoms with Crippen molar-refractivity contribution in [1.82, 2.24) is 0 Å². The molecule has 1 unspecified atom stereocenters. The number of hydrogen-bond acceptors (Lipinski definition) is 5. The summed E-state index contributed by atoms with van der Waals surface area (Å²) in [6, 6.07) is 13.0. The molecule has 0 N–H and O–H groups in total. The van der Waals surface area contributed by atoms with Crippen LogP contribution in [-0.4, -0.2) is 32.2 Å². The van der Waals surface area contributed by atoms with Gasteiger partial charge in [0.05, 0.1) is 23.2 Å². The van der Waals surface area contributed by atoms with Crippen molar-refractivity contribution in [1.29, 1.82) is 0 Å². The van der Waals surface area contributed by atoms with Gasteiger partial charge in [-0.1, -0.05) is 12.1 Å². The molecule has 126 valence electrons. The number of non-ortho nitro benzene ring substituents is 1. The van der Waals surface area contributed by atoms with E-state index in [1.54, 1.807) is 12.1 Å². The van der Waals surface area contributed by atoms with E-state index in [0.717, 1.165) is 29.2 Å². The summed E-state index contributed by atoms with van der Waals surface area (Å²) in [5.74, 6) is 0.852. The van der Waals surface area contributed by atoms with Crippen molar-refractivity contribution in [3.63, 3.8) is 0 Å². The number of rotatable bonds is 4. The molecular formula is C18H21N3O3. The highest BCUT2D eigenvalue weighted by atomic mass is 16.6. The first-order chi connectivity index (χ1) is 11.5. The first-order valence-corrected chi connectivity index (χ1v) is 7.92. The van der Waals surface area contributed by atoms with E-state index in [-0.39, 0.29) is 16.7 Å². The molecular weight excluding hydrogens is 306 g/mol. The molecule has 0 aliphatic carbocycles. The number of ether oxygens (including phenoxy) is 1. The van der Waals surface area contributed by atoms with Gasteiger partial charge < -0.3 is 14.5 Å². The smallest absolute Gasteiger partial charge is 0.269 e. The zero-order chi connectivity index (χ0) is 17.3. The molecule has 24 heavy (non-hydrogen) atoms. The van der Waals surface area contributed by atoms with E-state index in [1.807, 2.05) is 31.1 Å². The summed E-state index contributed by atoms with van der Waals surface area (Å²) in [5.41, 5.74) is 3.15. The highest BCUT2D eigenvalue weighted by molar-refractivity contribution is 5.67. The molecule has 0 fully saturated rings. The molecule has 0 radical (unpaired) electrons. The lowest BCUT2D eigenvalue weighted by Gasteiger charge is -2.36. The van der Waals surface area contributed by atoms with E-state index in [1.165, 1.54) is 6.07 Å². The van der Waals surface area contributed by atoms with Crippen LogP contribution in [-0.2, 0) is 0 Å². The number of benzene rings is 2. The number of anilines is 2. The van der Waals surface area contributed by atoms with Gasteiger partial charge in [-0.05, 0) is 24.6 Å². The molecule has 0 saturated carbocycles. The van der Waals surface area contributed by atoms with Crippen molar-refractivity contribution in [2.75, 3.05) is 37.0 Å². The van der Waals surface area contributed by atoms with Gasteiger partial charge in [-0.2, -0.15) is 0 Å². The Morgan fingerprint density at radius 3 is 2.75 bits per heavy atom. The summed E-state index contributed by atoms with van der Waals surface area (Å²) < 4.78 is 5.82. The van der Waals surface area contributed by atoms with E-state index < -0.39 is 0 Å². The van der Waals surface area contributed by atoms with Crippen LogP contribution in [0.3, 0.4) is 0 Å². The van der Waals surface area contributed by atoms with Crippen molar-refractivity contribution >= 4 is 17.1 Å². The van der Waals surface area contributed by atoms with Gasteiger partial charge in [0.1, 0.15) is 12.4 Å². The Morgan fingerprint density at radius 2 is 2.04 bits per heavy atom. The van der Waals surface area contributed by atoms with Crippen LogP contribution in [0.25, 0.3) is 0 Å². The van der Waals surface area contributed by atoms with Crippen molar-refractivity contribution in [2.45, 2.75) is 13.0 Å².